The number of rotatable bonds is 3. The van der Waals surface area contributed by atoms with E-state index in [0.29, 0.717) is 42.8 Å². The number of carbonyl (C=O) groups excluding carboxylic acids is 1. The Balaban J connectivity index is 1.65. The predicted molar refractivity (Wildman–Crippen MR) is 152 cm³/mol. The van der Waals surface area contributed by atoms with Crippen LogP contribution in [0.1, 0.15) is 57.0 Å². The largest absolute Gasteiger partial charge is 0.355 e. The van der Waals surface area contributed by atoms with Crippen molar-refractivity contribution in [1.29, 1.82) is 0 Å². The second-order valence-electron chi connectivity index (χ2n) is 11.1. The Labute approximate surface area is 236 Å². The van der Waals surface area contributed by atoms with Gasteiger partial charge in [0.25, 0.3) is 0 Å². The minimum atomic E-state index is -0.615. The molecule has 0 radical (unpaired) electrons. The molecule has 2 aliphatic heterocycles. The van der Waals surface area contributed by atoms with Gasteiger partial charge < -0.3 is 9.80 Å². The number of aromatic nitrogens is 7. The number of fused-ring (bicyclic) bond motifs is 6. The molecule has 6 rings (SSSR count). The van der Waals surface area contributed by atoms with Gasteiger partial charge in [-0.25, -0.2) is 18.7 Å². The van der Waals surface area contributed by atoms with E-state index in [2.05, 4.69) is 26.9 Å². The lowest BCUT2D eigenvalue weighted by atomic mass is 9.99. The van der Waals surface area contributed by atoms with Gasteiger partial charge in [0.05, 0.1) is 28.7 Å². The molecular formula is C29H32FN9O2. The van der Waals surface area contributed by atoms with Gasteiger partial charge in [-0.3, -0.25) is 9.78 Å². The second kappa shape index (κ2) is 10.2. The van der Waals surface area contributed by atoms with Crippen molar-refractivity contribution in [2.24, 2.45) is 0 Å². The molecule has 0 spiro atoms. The lowest BCUT2D eigenvalue weighted by Gasteiger charge is -2.44. The Bertz CT molecular complexity index is 1740. The summed E-state index contributed by atoms with van der Waals surface area (Å²) in [6, 6.07) is 2.90. The van der Waals surface area contributed by atoms with Gasteiger partial charge in [0.15, 0.2) is 17.3 Å². The number of halogens is 1. The van der Waals surface area contributed by atoms with Gasteiger partial charge >= 0.3 is 5.69 Å². The van der Waals surface area contributed by atoms with Crippen LogP contribution in [0, 0.1) is 5.82 Å². The number of anilines is 1. The maximum atomic E-state index is 15.8. The molecule has 11 nitrogen and oxygen atoms in total. The van der Waals surface area contributed by atoms with E-state index in [1.165, 1.54) is 21.4 Å². The summed E-state index contributed by atoms with van der Waals surface area (Å²) >= 11 is 0. The van der Waals surface area contributed by atoms with Crippen molar-refractivity contribution in [3.8, 4) is 11.5 Å². The Hall–Kier alpha value is -4.48. The molecule has 6 heterocycles. The van der Waals surface area contributed by atoms with Crippen molar-refractivity contribution < 1.29 is 9.18 Å². The monoisotopic (exact) mass is 557 g/mol. The minimum absolute atomic E-state index is 0.00314. The molecule has 0 N–H and O–H groups in total. The molecule has 0 aromatic carbocycles. The molecule has 4 aromatic rings. The fraction of sp³-hybridized carbons (Fsp3) is 0.414. The highest BCUT2D eigenvalue weighted by Gasteiger charge is 2.34. The van der Waals surface area contributed by atoms with Crippen molar-refractivity contribution in [3.63, 3.8) is 0 Å². The van der Waals surface area contributed by atoms with Crippen LogP contribution in [0.4, 0.5) is 10.2 Å². The summed E-state index contributed by atoms with van der Waals surface area (Å²) in [5.74, 6) is -0.499. The molecule has 4 aromatic heterocycles. The zero-order valence-electron chi connectivity index (χ0n) is 23.6. The predicted octanol–water partition coefficient (Wildman–Crippen LogP) is 3.12. The highest BCUT2D eigenvalue weighted by molar-refractivity contribution is 5.90. The molecule has 0 unspecified atom stereocenters. The molecule has 2 aliphatic rings. The van der Waals surface area contributed by atoms with Crippen molar-refractivity contribution >= 4 is 22.8 Å². The smallest absolute Gasteiger partial charge is 0.349 e. The average Bonchev–Trinajstić information content (AvgIpc) is 3.41. The van der Waals surface area contributed by atoms with E-state index in [-0.39, 0.29) is 35.4 Å². The second-order valence-corrected chi connectivity index (χ2v) is 11.1. The highest BCUT2D eigenvalue weighted by atomic mass is 19.1. The first-order valence-electron chi connectivity index (χ1n) is 13.9. The molecule has 0 saturated carbocycles. The molecule has 1 amide bonds. The van der Waals surface area contributed by atoms with Crippen LogP contribution < -0.4 is 10.6 Å². The summed E-state index contributed by atoms with van der Waals surface area (Å²) in [6.07, 6.45) is 6.80. The third-order valence-corrected chi connectivity index (χ3v) is 7.94. The summed E-state index contributed by atoms with van der Waals surface area (Å²) < 4.78 is 18.6. The number of carbonyl (C=O) groups is 1. The van der Waals surface area contributed by atoms with Crippen LogP contribution in [0.15, 0.2) is 42.0 Å². The fourth-order valence-electron chi connectivity index (χ4n) is 5.89. The van der Waals surface area contributed by atoms with Crippen molar-refractivity contribution in [2.75, 3.05) is 18.0 Å². The first kappa shape index (κ1) is 26.7. The minimum Gasteiger partial charge on any atom is -0.349 e. The highest BCUT2D eigenvalue weighted by Crippen LogP contribution is 2.33. The summed E-state index contributed by atoms with van der Waals surface area (Å²) in [6.45, 7) is 12.3. The summed E-state index contributed by atoms with van der Waals surface area (Å²) in [4.78, 5) is 44.2. The van der Waals surface area contributed by atoms with Crippen molar-refractivity contribution in [1.82, 2.24) is 39.4 Å². The number of amides is 1. The Kier molecular flexibility index (Phi) is 6.63. The van der Waals surface area contributed by atoms with Crippen LogP contribution in [0.25, 0.3) is 22.5 Å². The molecule has 1 fully saturated rings. The molecule has 212 valence electrons. The van der Waals surface area contributed by atoms with Crippen LogP contribution in [0.5, 0.6) is 0 Å². The fourth-order valence-corrected chi connectivity index (χ4v) is 5.89. The number of hydrogen-bond acceptors (Lipinski definition) is 8. The Morgan fingerprint density at radius 3 is 2.71 bits per heavy atom. The van der Waals surface area contributed by atoms with Gasteiger partial charge in [-0.2, -0.15) is 9.67 Å². The summed E-state index contributed by atoms with van der Waals surface area (Å²) in [5, 5.41) is 8.74. The van der Waals surface area contributed by atoms with Gasteiger partial charge in [-0.05, 0) is 62.8 Å². The zero-order valence-corrected chi connectivity index (χ0v) is 23.6. The topological polar surface area (TPSA) is 115 Å². The number of pyridine rings is 2. The molecule has 41 heavy (non-hydrogen) atoms. The lowest BCUT2D eigenvalue weighted by Crippen LogP contribution is -2.58. The first-order valence-corrected chi connectivity index (χ1v) is 13.9. The summed E-state index contributed by atoms with van der Waals surface area (Å²) in [5.41, 5.74) is 2.76. The van der Waals surface area contributed by atoms with Gasteiger partial charge in [-0.1, -0.05) is 25.6 Å². The quantitative estimate of drug-likeness (QED) is 0.353. The maximum absolute atomic E-state index is 15.8. The molecule has 1 saturated heterocycles. The normalized spacial score (nSPS) is 18.8. The van der Waals surface area contributed by atoms with Crippen LogP contribution in [0.2, 0.25) is 0 Å². The number of aryl methyl sites for hydroxylation is 2. The van der Waals surface area contributed by atoms with Gasteiger partial charge in [0.2, 0.25) is 5.91 Å². The molecule has 4 bridgehead atoms. The van der Waals surface area contributed by atoms with E-state index in [1.54, 1.807) is 17.3 Å². The first-order chi connectivity index (χ1) is 19.7. The maximum Gasteiger partial charge on any atom is 0.355 e. The third kappa shape index (κ3) is 4.47. The molecule has 12 heteroatoms. The van der Waals surface area contributed by atoms with Gasteiger partial charge in [0.1, 0.15) is 5.82 Å². The van der Waals surface area contributed by atoms with E-state index in [1.807, 2.05) is 38.7 Å². The Morgan fingerprint density at radius 1 is 1.15 bits per heavy atom. The average molecular weight is 558 g/mol. The van der Waals surface area contributed by atoms with Crippen LogP contribution >= 0.6 is 0 Å². The van der Waals surface area contributed by atoms with E-state index in [9.17, 15) is 9.59 Å². The van der Waals surface area contributed by atoms with Crippen LogP contribution in [-0.2, 0) is 17.6 Å². The van der Waals surface area contributed by atoms with Gasteiger partial charge in [-0.15, -0.1) is 5.10 Å². The third-order valence-electron chi connectivity index (χ3n) is 7.94. The van der Waals surface area contributed by atoms with E-state index in [4.69, 9.17) is 4.98 Å². The summed E-state index contributed by atoms with van der Waals surface area (Å²) in [7, 11) is 0. The van der Waals surface area contributed by atoms with Crippen LogP contribution in [0.3, 0.4) is 0 Å². The lowest BCUT2D eigenvalue weighted by molar-refractivity contribution is -0.128. The molecule has 2 atom stereocenters. The standard InChI is InChI=1S/C29H32FN9O2/c1-6-23(40)36-13-18(5)37(14-17(36)4)26-21-12-22(30)28-32-27(21)39(29(41)33-26)25-19(10-11-31-24(25)16(2)3)8-7-9-20-15-38(28)35-34-20/h6,10-12,15-18H,1,7-9,13-14H2,2-5H3/t17-,18+/m1/s1. The number of piperazine rings is 1. The van der Waals surface area contributed by atoms with Gasteiger partial charge in [0, 0.05) is 31.4 Å². The van der Waals surface area contributed by atoms with Crippen molar-refractivity contribution in [3.05, 3.63) is 70.4 Å². The molecule has 0 aliphatic carbocycles. The number of hydrogen-bond donors (Lipinski definition) is 0. The van der Waals surface area contributed by atoms with Crippen molar-refractivity contribution in [2.45, 2.75) is 65.0 Å². The van der Waals surface area contributed by atoms with E-state index < -0.39 is 11.5 Å². The van der Waals surface area contributed by atoms with E-state index in [0.717, 1.165) is 23.4 Å². The molecular weight excluding hydrogens is 525 g/mol. The SMILES string of the molecule is C=CC(=O)N1C[C@H](C)N(c2nc(=O)n3c4nc(c(F)cc24)-n2cc(nn2)CCCc2ccnc(C(C)C)c2-3)C[C@H]1C. The Morgan fingerprint density at radius 2 is 1.95 bits per heavy atom. The zero-order chi connectivity index (χ0) is 29.0. The van der Waals surface area contributed by atoms with Crippen LogP contribution in [-0.4, -0.2) is 70.5 Å². The van der Waals surface area contributed by atoms with E-state index >= 15 is 4.39 Å². The number of nitrogens with zero attached hydrogens (tertiary/aromatic N) is 9.